The third-order valence-electron chi connectivity index (χ3n) is 5.57. The van der Waals surface area contributed by atoms with E-state index in [2.05, 4.69) is 10.9 Å². The van der Waals surface area contributed by atoms with Crippen LogP contribution in [0.1, 0.15) is 46.5 Å². The minimum absolute atomic E-state index is 0.0535. The molecule has 0 saturated carbocycles. The van der Waals surface area contributed by atoms with E-state index in [0.717, 1.165) is 0 Å². The van der Waals surface area contributed by atoms with E-state index in [-0.39, 0.29) is 24.5 Å². The summed E-state index contributed by atoms with van der Waals surface area (Å²) in [6.45, 7) is 6.56. The number of hydrogen-bond acceptors (Lipinski definition) is 6. The van der Waals surface area contributed by atoms with E-state index in [1.54, 1.807) is 20.8 Å². The van der Waals surface area contributed by atoms with Gasteiger partial charge in [-0.1, -0.05) is 0 Å². The number of fused-ring (bicyclic) bond motifs is 2. The van der Waals surface area contributed by atoms with Crippen molar-refractivity contribution in [2.75, 3.05) is 26.7 Å². The van der Waals surface area contributed by atoms with E-state index in [4.69, 9.17) is 9.57 Å². The molecule has 3 aliphatic heterocycles. The van der Waals surface area contributed by atoms with Gasteiger partial charge in [-0.3, -0.25) is 25.3 Å². The van der Waals surface area contributed by atoms with Crippen LogP contribution < -0.4 is 10.9 Å². The number of carbonyl (C=O) groups excluding carboxylic acids is 4. The number of hydrogen-bond donors (Lipinski definition) is 2. The maximum absolute atomic E-state index is 12.6. The molecule has 0 aromatic carbocycles. The predicted molar refractivity (Wildman–Crippen MR) is 105 cm³/mol. The quantitative estimate of drug-likeness (QED) is 0.639. The molecule has 0 spiro atoms. The highest BCUT2D eigenvalue weighted by Gasteiger charge is 2.47. The van der Waals surface area contributed by atoms with Gasteiger partial charge in [0.25, 0.3) is 5.91 Å². The zero-order valence-electron chi connectivity index (χ0n) is 18.0. The maximum atomic E-state index is 12.6. The molecule has 2 bridgehead atoms. The van der Waals surface area contributed by atoms with Gasteiger partial charge in [-0.15, -0.1) is 0 Å². The molecule has 0 aliphatic carbocycles. The third kappa shape index (κ3) is 4.77. The van der Waals surface area contributed by atoms with Gasteiger partial charge in [-0.05, 0) is 46.5 Å². The summed E-state index contributed by atoms with van der Waals surface area (Å²) in [5.41, 5.74) is 4.29. The first-order chi connectivity index (χ1) is 14.1. The molecule has 0 aromatic heterocycles. The molecule has 30 heavy (non-hydrogen) atoms. The van der Waals surface area contributed by atoms with Crippen LogP contribution in [0.15, 0.2) is 0 Å². The second-order valence-electron chi connectivity index (χ2n) is 8.93. The van der Waals surface area contributed by atoms with Crippen LogP contribution in [0.5, 0.6) is 0 Å². The van der Waals surface area contributed by atoms with Crippen LogP contribution >= 0.6 is 0 Å². The molecule has 168 valence electrons. The van der Waals surface area contributed by atoms with Gasteiger partial charge < -0.3 is 14.5 Å². The Morgan fingerprint density at radius 1 is 1.03 bits per heavy atom. The van der Waals surface area contributed by atoms with Gasteiger partial charge >= 0.3 is 12.1 Å². The van der Waals surface area contributed by atoms with Gasteiger partial charge in [-0.2, -0.15) is 5.06 Å². The minimum Gasteiger partial charge on any atom is -0.444 e. The Morgan fingerprint density at radius 2 is 1.73 bits per heavy atom. The van der Waals surface area contributed by atoms with E-state index in [0.29, 0.717) is 38.8 Å². The fourth-order valence-corrected chi connectivity index (χ4v) is 4.13. The number of likely N-dealkylation sites (tertiary alicyclic amines) is 1. The number of carbonyl (C=O) groups is 4. The summed E-state index contributed by atoms with van der Waals surface area (Å²) < 4.78 is 5.37. The topological polar surface area (TPSA) is 121 Å². The number of urea groups is 1. The summed E-state index contributed by atoms with van der Waals surface area (Å²) in [5.74, 6) is -1.25. The highest BCUT2D eigenvalue weighted by Crippen LogP contribution is 2.29. The van der Waals surface area contributed by atoms with E-state index in [9.17, 15) is 19.2 Å². The van der Waals surface area contributed by atoms with E-state index in [1.165, 1.54) is 22.0 Å². The lowest BCUT2D eigenvalue weighted by atomic mass is 9.97. The molecule has 11 nitrogen and oxygen atoms in total. The Bertz CT molecular complexity index is 708. The number of ether oxygens (including phenoxy) is 1. The van der Waals surface area contributed by atoms with Gasteiger partial charge in [0.2, 0.25) is 5.91 Å². The van der Waals surface area contributed by atoms with E-state index >= 15 is 0 Å². The van der Waals surface area contributed by atoms with E-state index in [1.807, 2.05) is 0 Å². The molecule has 3 fully saturated rings. The van der Waals surface area contributed by atoms with Crippen LogP contribution in [0, 0.1) is 5.92 Å². The summed E-state index contributed by atoms with van der Waals surface area (Å²) in [5, 5.41) is 1.29. The molecule has 3 saturated heterocycles. The fraction of sp³-hybridized carbons (Fsp3) is 0.789. The van der Waals surface area contributed by atoms with E-state index < -0.39 is 29.6 Å². The Balaban J connectivity index is 1.50. The molecule has 3 heterocycles. The number of piperidine rings is 2. The number of nitrogens with one attached hydrogen (secondary N) is 2. The minimum atomic E-state index is -0.654. The van der Waals surface area contributed by atoms with Gasteiger partial charge in [0.15, 0.2) is 0 Å². The number of nitrogens with zero attached hydrogens (tertiary/aromatic N) is 3. The fourth-order valence-electron chi connectivity index (χ4n) is 4.13. The Labute approximate surface area is 175 Å². The normalized spacial score (nSPS) is 26.5. The van der Waals surface area contributed by atoms with Crippen molar-refractivity contribution in [2.24, 2.45) is 5.92 Å². The summed E-state index contributed by atoms with van der Waals surface area (Å²) in [4.78, 5) is 57.8. The molecular weight excluding hydrogens is 394 g/mol. The van der Waals surface area contributed by atoms with Crippen molar-refractivity contribution < 1.29 is 28.8 Å². The summed E-state index contributed by atoms with van der Waals surface area (Å²) in [7, 11) is 1.43. The van der Waals surface area contributed by atoms with Crippen molar-refractivity contribution in [3.05, 3.63) is 0 Å². The van der Waals surface area contributed by atoms with Crippen LogP contribution in [0.4, 0.5) is 9.59 Å². The van der Waals surface area contributed by atoms with Crippen LogP contribution in [0.25, 0.3) is 0 Å². The monoisotopic (exact) mass is 425 g/mol. The SMILES string of the molecule is CON1C(=O)N2C[C@H]1CC[C@H]2C(=O)NNC(=O)[C@@H]1CCCN(C(=O)OC(C)(C)C)C1. The number of amides is 5. The van der Waals surface area contributed by atoms with Crippen LogP contribution in [-0.4, -0.2) is 83.2 Å². The smallest absolute Gasteiger partial charge is 0.410 e. The van der Waals surface area contributed by atoms with Crippen molar-refractivity contribution in [2.45, 2.75) is 64.1 Å². The van der Waals surface area contributed by atoms with Crippen molar-refractivity contribution in [3.8, 4) is 0 Å². The molecule has 0 aromatic rings. The summed E-state index contributed by atoms with van der Waals surface area (Å²) >= 11 is 0. The van der Waals surface area contributed by atoms with Gasteiger partial charge in [0.05, 0.1) is 19.1 Å². The molecular formula is C19H31N5O6. The first-order valence-corrected chi connectivity index (χ1v) is 10.3. The number of rotatable bonds is 3. The lowest BCUT2D eigenvalue weighted by Crippen LogP contribution is -2.56. The molecule has 3 atom stereocenters. The average Bonchev–Trinajstić information content (AvgIpc) is 2.94. The molecule has 11 heteroatoms. The summed E-state index contributed by atoms with van der Waals surface area (Å²) in [6, 6.07) is -1.05. The third-order valence-corrected chi connectivity index (χ3v) is 5.57. The summed E-state index contributed by atoms with van der Waals surface area (Å²) in [6.07, 6.45) is 1.98. The van der Waals surface area contributed by atoms with Gasteiger partial charge in [-0.25, -0.2) is 9.59 Å². The van der Waals surface area contributed by atoms with Crippen molar-refractivity contribution >= 4 is 23.9 Å². The molecule has 5 amide bonds. The highest BCUT2D eigenvalue weighted by molar-refractivity contribution is 5.90. The molecule has 0 unspecified atom stereocenters. The van der Waals surface area contributed by atoms with Gasteiger partial charge in [0, 0.05) is 19.6 Å². The lowest BCUT2D eigenvalue weighted by Gasteiger charge is -2.33. The molecule has 3 aliphatic rings. The molecule has 3 rings (SSSR count). The Morgan fingerprint density at radius 3 is 2.40 bits per heavy atom. The molecule has 0 radical (unpaired) electrons. The molecule has 2 N–H and O–H groups in total. The van der Waals surface area contributed by atoms with Crippen LogP contribution in [0.3, 0.4) is 0 Å². The predicted octanol–water partition coefficient (Wildman–Crippen LogP) is 0.611. The van der Waals surface area contributed by atoms with Gasteiger partial charge in [0.1, 0.15) is 11.6 Å². The lowest BCUT2D eigenvalue weighted by molar-refractivity contribution is -0.134. The van der Waals surface area contributed by atoms with Crippen molar-refractivity contribution in [3.63, 3.8) is 0 Å². The average molecular weight is 425 g/mol. The second kappa shape index (κ2) is 8.66. The van der Waals surface area contributed by atoms with Crippen LogP contribution in [-0.2, 0) is 19.2 Å². The largest absolute Gasteiger partial charge is 0.444 e. The zero-order valence-corrected chi connectivity index (χ0v) is 18.0. The first-order valence-electron chi connectivity index (χ1n) is 10.3. The van der Waals surface area contributed by atoms with Crippen molar-refractivity contribution in [1.29, 1.82) is 0 Å². The number of hydrazine groups is 1. The van der Waals surface area contributed by atoms with Crippen molar-refractivity contribution in [1.82, 2.24) is 25.7 Å². The van der Waals surface area contributed by atoms with Crippen LogP contribution in [0.2, 0.25) is 0 Å². The second-order valence-corrected chi connectivity index (χ2v) is 8.93. The Kier molecular flexibility index (Phi) is 6.39. The number of hydroxylamine groups is 2. The zero-order chi connectivity index (χ0) is 22.1. The first kappa shape index (κ1) is 22.1. The highest BCUT2D eigenvalue weighted by atomic mass is 16.7. The maximum Gasteiger partial charge on any atom is 0.410 e. The standard InChI is InChI=1S/C19H31N5O6/c1-19(2,3)30-18(28)22-9-5-6-12(10-22)15(25)20-21-16(26)14-8-7-13-11-23(14)17(27)24(13)29-4/h12-14H,5-11H2,1-4H3,(H,20,25)(H,21,26)/t12-,13-,14+/m1/s1. The Hall–Kier alpha value is -2.56.